The summed E-state index contributed by atoms with van der Waals surface area (Å²) in [5.41, 5.74) is 14.3. The molecule has 0 atom stereocenters. The largest absolute Gasteiger partial charge is 0.359 e. The van der Waals surface area contributed by atoms with Crippen molar-refractivity contribution < 1.29 is 0 Å². The monoisotopic (exact) mass is 183 g/mol. The van der Waals surface area contributed by atoms with Gasteiger partial charge < -0.3 is 4.90 Å². The molecule has 1 nitrogen and oxygen atoms in total. The second kappa shape index (κ2) is 4.40. The third-order valence-corrected chi connectivity index (χ3v) is 2.17. The topological polar surface area (TPSA) is 3.24 Å². The molecule has 1 rings (SSSR count). The summed E-state index contributed by atoms with van der Waals surface area (Å²) in [6.45, 7) is 14.6. The molecule has 0 amide bonds. The first-order valence-electron chi connectivity index (χ1n) is 4.48. The van der Waals surface area contributed by atoms with E-state index in [9.17, 15) is 0 Å². The van der Waals surface area contributed by atoms with Crippen LogP contribution < -0.4 is 0 Å². The minimum absolute atomic E-state index is 0.786. The molecule has 1 saturated heterocycles. The van der Waals surface area contributed by atoms with Gasteiger partial charge in [0.1, 0.15) is 0 Å². The van der Waals surface area contributed by atoms with E-state index in [1.165, 1.54) is 0 Å². The van der Waals surface area contributed by atoms with Crippen molar-refractivity contribution in [1.82, 2.24) is 4.90 Å². The summed E-state index contributed by atoms with van der Waals surface area (Å²) in [7, 11) is 0. The summed E-state index contributed by atoms with van der Waals surface area (Å²) in [6, 6.07) is 0. The molecule has 70 valence electrons. The molecule has 0 unspecified atom stereocenters. The standard InChI is InChI=1S/C13H13N/c1-5-9-11-10-14(8-4)13(7-3)12(11)6-2/h1-3,8,10H2,4H3. The van der Waals surface area contributed by atoms with Crippen molar-refractivity contribution >= 4 is 0 Å². The van der Waals surface area contributed by atoms with Crippen LogP contribution in [0.1, 0.15) is 6.92 Å². The molecule has 0 aromatic carbocycles. The third-order valence-electron chi connectivity index (χ3n) is 2.17. The van der Waals surface area contributed by atoms with E-state index in [4.69, 9.17) is 0 Å². The first-order valence-corrected chi connectivity index (χ1v) is 4.48. The smallest absolute Gasteiger partial charge is 0.0959 e. The molecule has 1 fully saturated rings. The molecule has 0 radical (unpaired) electrons. The molecule has 14 heavy (non-hydrogen) atoms. The average molecular weight is 183 g/mol. The third kappa shape index (κ3) is 1.58. The number of hydrogen-bond acceptors (Lipinski definition) is 1. The molecule has 0 aromatic rings. The van der Waals surface area contributed by atoms with E-state index in [0.29, 0.717) is 0 Å². The first-order chi connectivity index (χ1) is 6.78. The highest BCUT2D eigenvalue weighted by molar-refractivity contribution is 5.50. The van der Waals surface area contributed by atoms with Crippen LogP contribution in [0.4, 0.5) is 0 Å². The second-order valence-electron chi connectivity index (χ2n) is 2.87. The quantitative estimate of drug-likeness (QED) is 0.565. The molecular weight excluding hydrogens is 170 g/mol. The number of rotatable bonds is 1. The summed E-state index contributed by atoms with van der Waals surface area (Å²) < 4.78 is 0. The molecule has 1 aliphatic rings. The molecular formula is C13H13N. The summed E-state index contributed by atoms with van der Waals surface area (Å²) in [5, 5.41) is 0. The average Bonchev–Trinajstić information content (AvgIpc) is 2.55. The van der Waals surface area contributed by atoms with Gasteiger partial charge in [-0.05, 0) is 13.5 Å². The van der Waals surface area contributed by atoms with Gasteiger partial charge >= 0.3 is 0 Å². The summed E-state index contributed by atoms with van der Waals surface area (Å²) in [5.74, 6) is 0. The van der Waals surface area contributed by atoms with Crippen LogP contribution in [0.5, 0.6) is 0 Å². The predicted octanol–water partition coefficient (Wildman–Crippen LogP) is 2.57. The second-order valence-corrected chi connectivity index (χ2v) is 2.87. The number of likely N-dealkylation sites (tertiary alicyclic amines) is 1. The normalized spacial score (nSPS) is 14.6. The Hall–Kier alpha value is -1.86. The number of hydrogen-bond donors (Lipinski definition) is 0. The minimum atomic E-state index is 0.786. The fourth-order valence-corrected chi connectivity index (χ4v) is 1.52. The van der Waals surface area contributed by atoms with Gasteiger partial charge in [0.05, 0.1) is 17.8 Å². The van der Waals surface area contributed by atoms with Gasteiger partial charge in [0.2, 0.25) is 0 Å². The highest BCUT2D eigenvalue weighted by Crippen LogP contribution is 2.29. The molecule has 1 aliphatic heterocycles. The van der Waals surface area contributed by atoms with E-state index in [0.717, 1.165) is 29.9 Å². The van der Waals surface area contributed by atoms with Crippen molar-refractivity contribution in [3.8, 4) is 0 Å². The van der Waals surface area contributed by atoms with Gasteiger partial charge in [-0.25, -0.2) is 0 Å². The van der Waals surface area contributed by atoms with Gasteiger partial charge in [-0.1, -0.05) is 24.6 Å². The molecule has 0 aromatic heterocycles. The van der Waals surface area contributed by atoms with Gasteiger partial charge in [-0.15, -0.1) is 11.5 Å². The molecule has 0 aliphatic carbocycles. The van der Waals surface area contributed by atoms with Gasteiger partial charge in [0.25, 0.3) is 0 Å². The molecule has 0 spiro atoms. The Balaban J connectivity index is 3.37. The number of allylic oxidation sites excluding steroid dienone is 1. The van der Waals surface area contributed by atoms with Crippen molar-refractivity contribution in [1.29, 1.82) is 0 Å². The summed E-state index contributed by atoms with van der Waals surface area (Å²) >= 11 is 0. The highest BCUT2D eigenvalue weighted by Gasteiger charge is 2.24. The predicted molar refractivity (Wildman–Crippen MR) is 58.7 cm³/mol. The minimum Gasteiger partial charge on any atom is -0.359 e. The summed E-state index contributed by atoms with van der Waals surface area (Å²) in [4.78, 5) is 2.14. The van der Waals surface area contributed by atoms with Crippen LogP contribution in [0, 0.1) is 0 Å². The maximum atomic E-state index is 3.66. The van der Waals surface area contributed by atoms with Crippen molar-refractivity contribution in [3.63, 3.8) is 0 Å². The van der Waals surface area contributed by atoms with Crippen LogP contribution in [-0.2, 0) is 0 Å². The van der Waals surface area contributed by atoms with Gasteiger partial charge in [0, 0.05) is 12.1 Å². The molecule has 0 saturated carbocycles. The maximum absolute atomic E-state index is 3.66. The molecule has 0 bridgehead atoms. The van der Waals surface area contributed by atoms with Crippen molar-refractivity contribution in [3.05, 3.63) is 59.5 Å². The van der Waals surface area contributed by atoms with Crippen LogP contribution in [0.25, 0.3) is 0 Å². The number of likely N-dealkylation sites (N-methyl/N-ethyl adjacent to an activating group) is 1. The van der Waals surface area contributed by atoms with Crippen LogP contribution >= 0.6 is 0 Å². The first kappa shape index (κ1) is 10.2. The van der Waals surface area contributed by atoms with Crippen LogP contribution in [0.15, 0.2) is 59.5 Å². The Labute approximate surface area is 85.0 Å². The van der Waals surface area contributed by atoms with Gasteiger partial charge in [-0.2, -0.15) is 0 Å². The van der Waals surface area contributed by atoms with Crippen molar-refractivity contribution in [2.24, 2.45) is 0 Å². The Morgan fingerprint density at radius 3 is 2.43 bits per heavy atom. The van der Waals surface area contributed by atoms with E-state index < -0.39 is 0 Å². The molecule has 1 heteroatoms. The zero-order valence-corrected chi connectivity index (χ0v) is 8.48. The van der Waals surface area contributed by atoms with E-state index >= 15 is 0 Å². The Morgan fingerprint density at radius 2 is 2.00 bits per heavy atom. The van der Waals surface area contributed by atoms with Crippen molar-refractivity contribution in [2.75, 3.05) is 13.1 Å². The SMILES string of the molecule is C=C=C=C1CN(CC)C(=C=C)C1=C=C. The van der Waals surface area contributed by atoms with Crippen LogP contribution in [-0.4, -0.2) is 18.0 Å². The lowest BCUT2D eigenvalue weighted by atomic mass is 10.1. The van der Waals surface area contributed by atoms with Gasteiger partial charge in [-0.3, -0.25) is 0 Å². The fraction of sp³-hybridized carbons (Fsp3) is 0.231. The Morgan fingerprint density at radius 1 is 1.29 bits per heavy atom. The Bertz CT molecular complexity index is 428. The summed E-state index contributed by atoms with van der Waals surface area (Å²) in [6.07, 6.45) is 0. The lowest BCUT2D eigenvalue weighted by molar-refractivity contribution is 0.433. The van der Waals surface area contributed by atoms with E-state index in [1.54, 1.807) is 0 Å². The van der Waals surface area contributed by atoms with E-state index in [2.05, 4.69) is 54.5 Å². The lowest BCUT2D eigenvalue weighted by Crippen LogP contribution is -2.16. The highest BCUT2D eigenvalue weighted by atomic mass is 15.2. The molecule has 1 heterocycles. The number of nitrogens with zero attached hydrogens (tertiary/aromatic N) is 1. The van der Waals surface area contributed by atoms with E-state index in [-0.39, 0.29) is 0 Å². The molecule has 0 N–H and O–H groups in total. The Kier molecular flexibility index (Phi) is 3.21. The van der Waals surface area contributed by atoms with Crippen LogP contribution in [0.3, 0.4) is 0 Å². The maximum Gasteiger partial charge on any atom is 0.0959 e. The van der Waals surface area contributed by atoms with Crippen LogP contribution in [0.2, 0.25) is 0 Å². The zero-order chi connectivity index (χ0) is 10.6. The zero-order valence-electron chi connectivity index (χ0n) is 8.48. The lowest BCUT2D eigenvalue weighted by Gasteiger charge is -2.13. The fourth-order valence-electron chi connectivity index (χ4n) is 1.52. The van der Waals surface area contributed by atoms with Gasteiger partial charge in [0.15, 0.2) is 0 Å². The van der Waals surface area contributed by atoms with E-state index in [1.807, 2.05) is 0 Å². The van der Waals surface area contributed by atoms with Crippen molar-refractivity contribution in [2.45, 2.75) is 6.92 Å².